The third-order valence-electron chi connectivity index (χ3n) is 1.82. The van der Waals surface area contributed by atoms with E-state index in [1.54, 1.807) is 6.07 Å². The minimum absolute atomic E-state index is 0.0689. The average Bonchev–Trinajstić information content (AvgIpc) is 2.14. The first kappa shape index (κ1) is 10.9. The number of aryl methyl sites for hydroxylation is 1. The van der Waals surface area contributed by atoms with Gasteiger partial charge in [-0.25, -0.2) is 0 Å². The summed E-state index contributed by atoms with van der Waals surface area (Å²) in [7, 11) is 1.43. The average molecular weight is 204 g/mol. The summed E-state index contributed by atoms with van der Waals surface area (Å²) in [6.45, 7) is -4.73. The molecule has 0 unspecified atom stereocenters. The fraction of sp³-hybridized carbons (Fsp3) is 0.375. The molecule has 0 saturated carbocycles. The fourth-order valence-electron chi connectivity index (χ4n) is 1.12. The number of ether oxygens (including phenoxy) is 1. The molecule has 1 rings (SSSR count). The van der Waals surface area contributed by atoms with Crippen molar-refractivity contribution in [2.24, 2.45) is 0 Å². The first-order chi connectivity index (χ1) is 6.53. The number of methoxy groups -OCH3 is 1. The van der Waals surface area contributed by atoms with E-state index in [0.29, 0.717) is 11.3 Å². The van der Waals surface area contributed by atoms with Gasteiger partial charge in [-0.15, -0.1) is 0 Å². The van der Waals surface area contributed by atoms with E-state index < -0.39 is 13.3 Å². The Morgan fingerprint density at radius 2 is 2.14 bits per heavy atom. The molecule has 0 aromatic carbocycles. The third-order valence-corrected chi connectivity index (χ3v) is 1.82. The van der Waals surface area contributed by atoms with Crippen LogP contribution in [0.3, 0.4) is 0 Å². The lowest BCUT2D eigenvalue weighted by atomic mass is 9.83. The Kier molecular flexibility index (Phi) is 3.38. The lowest BCUT2D eigenvalue weighted by molar-refractivity contribution is 0.408. The monoisotopic (exact) mass is 204 g/mol. The van der Waals surface area contributed by atoms with Crippen molar-refractivity contribution < 1.29 is 17.7 Å². The lowest BCUT2D eigenvalue weighted by Gasteiger charge is -2.14. The quantitative estimate of drug-likeness (QED) is 0.702. The maximum Gasteiger partial charge on any atom is 0.478 e. The van der Waals surface area contributed by atoms with Gasteiger partial charge in [0.2, 0.25) is 0 Å². The van der Waals surface area contributed by atoms with Gasteiger partial charge in [0.25, 0.3) is 0 Å². The molecule has 0 saturated heterocycles. The number of hydrogen-bond donors (Lipinski definition) is 0. The zero-order valence-electron chi connectivity index (χ0n) is 7.71. The Morgan fingerprint density at radius 3 is 2.71 bits per heavy atom. The molecule has 0 amide bonds. The summed E-state index contributed by atoms with van der Waals surface area (Å²) in [6.07, 6.45) is 2.03. The Morgan fingerprint density at radius 1 is 1.43 bits per heavy atom. The van der Waals surface area contributed by atoms with E-state index in [4.69, 9.17) is 4.74 Å². The van der Waals surface area contributed by atoms with Crippen molar-refractivity contribution >= 4 is 6.98 Å². The first-order valence-corrected chi connectivity index (χ1v) is 4.21. The van der Waals surface area contributed by atoms with Crippen LogP contribution in [0.1, 0.15) is 5.56 Å². The summed E-state index contributed by atoms with van der Waals surface area (Å²) < 4.78 is 40.8. The fourth-order valence-corrected chi connectivity index (χ4v) is 1.12. The van der Waals surface area contributed by atoms with Crippen molar-refractivity contribution in [3.63, 3.8) is 0 Å². The number of nitrogens with zero attached hydrogens (tertiary/aromatic N) is 1. The van der Waals surface area contributed by atoms with E-state index in [2.05, 4.69) is 4.98 Å². The lowest BCUT2D eigenvalue weighted by Crippen LogP contribution is -2.15. The second kappa shape index (κ2) is 4.35. The molecule has 0 aliphatic heterocycles. The van der Waals surface area contributed by atoms with E-state index in [0.717, 1.165) is 0 Å². The number of aromatic nitrogens is 1. The summed E-state index contributed by atoms with van der Waals surface area (Å²) in [5.74, 6) is 0.458. The number of rotatable bonds is 4. The Bertz CT molecular complexity index is 303. The maximum atomic E-state index is 12.0. The zero-order chi connectivity index (χ0) is 10.6. The summed E-state index contributed by atoms with van der Waals surface area (Å²) in [6, 6.07) is 1.55. The van der Waals surface area contributed by atoms with Crippen molar-refractivity contribution in [2.45, 2.75) is 12.7 Å². The first-order valence-electron chi connectivity index (χ1n) is 4.21. The molecule has 0 fully saturated rings. The van der Waals surface area contributed by atoms with E-state index >= 15 is 0 Å². The van der Waals surface area contributed by atoms with Crippen molar-refractivity contribution in [3.8, 4) is 5.75 Å². The molecular weight excluding hydrogens is 194 g/mol. The largest absolute Gasteiger partial charge is 0.496 e. The van der Waals surface area contributed by atoms with Gasteiger partial charge in [0.15, 0.2) is 0 Å². The van der Waals surface area contributed by atoms with Crippen LogP contribution in [0.5, 0.6) is 5.75 Å². The molecule has 0 N–H and O–H groups in total. The summed E-state index contributed by atoms with van der Waals surface area (Å²) in [5.41, 5.74) is 0.495. The van der Waals surface area contributed by atoms with E-state index in [1.165, 1.54) is 19.5 Å². The smallest absolute Gasteiger partial charge is 0.478 e. The summed E-state index contributed by atoms with van der Waals surface area (Å²) in [5, 5.41) is 0. The third kappa shape index (κ3) is 3.28. The molecule has 2 nitrogen and oxygen atoms in total. The number of halogens is 3. The van der Waals surface area contributed by atoms with Crippen LogP contribution in [0.4, 0.5) is 12.9 Å². The highest BCUT2D eigenvalue weighted by Gasteiger charge is 2.22. The standard InChI is InChI=1S/C8H10BF3NO/c1-14-8-3-5-13-6-7(8)2-4-9(10,11)12/h3,5-6H,2,4H2,1H3/q-1. The van der Waals surface area contributed by atoms with Crippen LogP contribution < -0.4 is 4.74 Å². The highest BCUT2D eigenvalue weighted by Crippen LogP contribution is 2.23. The maximum absolute atomic E-state index is 12.0. The topological polar surface area (TPSA) is 22.1 Å². The predicted molar refractivity (Wildman–Crippen MR) is 48.4 cm³/mol. The molecule has 14 heavy (non-hydrogen) atoms. The van der Waals surface area contributed by atoms with Gasteiger partial charge in [-0.3, -0.25) is 4.98 Å². The van der Waals surface area contributed by atoms with E-state index in [9.17, 15) is 12.9 Å². The highest BCUT2D eigenvalue weighted by molar-refractivity contribution is 6.58. The molecule has 0 radical (unpaired) electrons. The van der Waals surface area contributed by atoms with Crippen LogP contribution in [0.2, 0.25) is 6.32 Å². The SMILES string of the molecule is COc1ccncc1CC[B-](F)(F)F. The molecule has 1 heterocycles. The predicted octanol–water partition coefficient (Wildman–Crippen LogP) is 2.48. The summed E-state index contributed by atoms with van der Waals surface area (Å²) in [4.78, 5) is 3.75. The van der Waals surface area contributed by atoms with Gasteiger partial charge in [0, 0.05) is 18.0 Å². The van der Waals surface area contributed by atoms with E-state index in [1.807, 2.05) is 0 Å². The minimum Gasteiger partial charge on any atom is -0.496 e. The summed E-state index contributed by atoms with van der Waals surface area (Å²) >= 11 is 0. The second-order valence-electron chi connectivity index (χ2n) is 2.94. The Balaban J connectivity index is 2.67. The zero-order valence-corrected chi connectivity index (χ0v) is 7.71. The van der Waals surface area contributed by atoms with Gasteiger partial charge in [0.1, 0.15) is 5.75 Å². The molecule has 0 bridgehead atoms. The molecular formula is C8H10BF3NO-. The van der Waals surface area contributed by atoms with Gasteiger partial charge >= 0.3 is 6.98 Å². The normalized spacial score (nSPS) is 11.4. The second-order valence-corrected chi connectivity index (χ2v) is 2.94. The van der Waals surface area contributed by atoms with Gasteiger partial charge in [-0.2, -0.15) is 0 Å². The van der Waals surface area contributed by atoms with E-state index in [-0.39, 0.29) is 6.42 Å². The van der Waals surface area contributed by atoms with Gasteiger partial charge in [-0.05, 0) is 12.5 Å². The molecule has 78 valence electrons. The molecule has 6 heteroatoms. The van der Waals surface area contributed by atoms with Crippen LogP contribution in [0, 0.1) is 0 Å². The van der Waals surface area contributed by atoms with Crippen LogP contribution in [0.15, 0.2) is 18.5 Å². The van der Waals surface area contributed by atoms with Gasteiger partial charge in [-0.1, -0.05) is 6.32 Å². The Hall–Kier alpha value is -1.20. The minimum atomic E-state index is -4.73. The molecule has 1 aromatic rings. The van der Waals surface area contributed by atoms with Crippen LogP contribution in [0.25, 0.3) is 0 Å². The van der Waals surface area contributed by atoms with Crippen molar-refractivity contribution in [2.75, 3.05) is 7.11 Å². The van der Waals surface area contributed by atoms with Crippen LogP contribution in [-0.2, 0) is 6.42 Å². The highest BCUT2D eigenvalue weighted by atomic mass is 19.4. The molecule has 0 aliphatic rings. The molecule has 1 aromatic heterocycles. The van der Waals surface area contributed by atoms with Gasteiger partial charge in [0.05, 0.1) is 7.11 Å². The van der Waals surface area contributed by atoms with Crippen molar-refractivity contribution in [1.82, 2.24) is 4.98 Å². The molecule has 0 aliphatic carbocycles. The van der Waals surface area contributed by atoms with Gasteiger partial charge < -0.3 is 17.7 Å². The molecule has 0 atom stereocenters. The Labute approximate surface area is 80.2 Å². The van der Waals surface area contributed by atoms with Crippen molar-refractivity contribution in [3.05, 3.63) is 24.0 Å². The van der Waals surface area contributed by atoms with Crippen LogP contribution >= 0.6 is 0 Å². The van der Waals surface area contributed by atoms with Crippen molar-refractivity contribution in [1.29, 1.82) is 0 Å². The number of pyridine rings is 1. The van der Waals surface area contributed by atoms with Crippen LogP contribution in [-0.4, -0.2) is 19.1 Å². The number of hydrogen-bond acceptors (Lipinski definition) is 2. The molecule has 0 spiro atoms.